The van der Waals surface area contributed by atoms with Crippen LogP contribution in [0, 0.1) is 0 Å². The number of thioether (sulfide) groups is 1. The van der Waals surface area contributed by atoms with Gasteiger partial charge in [0.15, 0.2) is 5.78 Å². The minimum absolute atomic E-state index is 0.189. The van der Waals surface area contributed by atoms with Crippen molar-refractivity contribution >= 4 is 17.5 Å². The molecule has 0 bridgehead atoms. The van der Waals surface area contributed by atoms with Gasteiger partial charge >= 0.3 is 0 Å². The summed E-state index contributed by atoms with van der Waals surface area (Å²) in [7, 11) is 0. The first-order valence-electron chi connectivity index (χ1n) is 6.37. The van der Waals surface area contributed by atoms with Crippen LogP contribution in [0.2, 0.25) is 0 Å². The van der Waals surface area contributed by atoms with Gasteiger partial charge in [0.2, 0.25) is 0 Å². The third-order valence-electron chi connectivity index (χ3n) is 3.03. The first kappa shape index (κ1) is 13.9. The summed E-state index contributed by atoms with van der Waals surface area (Å²) in [6, 6.07) is 19.8. The molecule has 2 heteroatoms. The summed E-state index contributed by atoms with van der Waals surface area (Å²) < 4.78 is -0.406. The predicted octanol–water partition coefficient (Wildman–Crippen LogP) is 4.58. The number of rotatable bonds is 5. The van der Waals surface area contributed by atoms with E-state index in [0.29, 0.717) is 0 Å². The average Bonchev–Trinajstić information content (AvgIpc) is 2.46. The van der Waals surface area contributed by atoms with Crippen molar-refractivity contribution in [3.8, 4) is 0 Å². The Morgan fingerprint density at radius 2 is 1.47 bits per heavy atom. The SMILES string of the molecule is CC(C)(SCc1ccccc1)C(=O)c1ccccc1. The third-order valence-corrected chi connectivity index (χ3v) is 4.41. The highest BCUT2D eigenvalue weighted by atomic mass is 32.2. The standard InChI is InChI=1S/C17H18OS/c1-17(2,16(18)15-11-7-4-8-12-15)19-13-14-9-5-3-6-10-14/h3-12H,13H2,1-2H3. The second-order valence-corrected chi connectivity index (χ2v) is 6.58. The lowest BCUT2D eigenvalue weighted by Crippen LogP contribution is -2.28. The molecule has 0 spiro atoms. The fourth-order valence-corrected chi connectivity index (χ4v) is 2.81. The summed E-state index contributed by atoms with van der Waals surface area (Å²) >= 11 is 1.69. The fraction of sp³-hybridized carbons (Fsp3) is 0.235. The fourth-order valence-electron chi connectivity index (χ4n) is 1.84. The zero-order valence-electron chi connectivity index (χ0n) is 11.3. The Morgan fingerprint density at radius 3 is 2.05 bits per heavy atom. The molecule has 0 aromatic heterocycles. The molecular formula is C17H18OS. The van der Waals surface area contributed by atoms with Gasteiger partial charge in [0.25, 0.3) is 0 Å². The summed E-state index contributed by atoms with van der Waals surface area (Å²) in [4.78, 5) is 12.5. The number of benzene rings is 2. The Hall–Kier alpha value is -1.54. The molecule has 2 rings (SSSR count). The summed E-state index contributed by atoms with van der Waals surface area (Å²) in [5.41, 5.74) is 2.04. The Kier molecular flexibility index (Phi) is 4.43. The van der Waals surface area contributed by atoms with Gasteiger partial charge in [0.1, 0.15) is 0 Å². The Bertz CT molecular complexity index is 532. The van der Waals surface area contributed by atoms with Crippen LogP contribution in [0.15, 0.2) is 60.7 Å². The average molecular weight is 270 g/mol. The lowest BCUT2D eigenvalue weighted by molar-refractivity contribution is 0.0958. The third kappa shape index (κ3) is 3.71. The molecule has 0 amide bonds. The lowest BCUT2D eigenvalue weighted by atomic mass is 10.0. The largest absolute Gasteiger partial charge is 0.293 e. The van der Waals surface area contributed by atoms with E-state index in [0.717, 1.165) is 11.3 Å². The second-order valence-electron chi connectivity index (χ2n) is 4.98. The maximum Gasteiger partial charge on any atom is 0.178 e. The Labute approximate surface area is 119 Å². The Balaban J connectivity index is 2.04. The van der Waals surface area contributed by atoms with Crippen LogP contribution >= 0.6 is 11.8 Å². The van der Waals surface area contributed by atoms with Crippen molar-refractivity contribution in [2.75, 3.05) is 0 Å². The van der Waals surface area contributed by atoms with Crippen LogP contribution < -0.4 is 0 Å². The van der Waals surface area contributed by atoms with Crippen LogP contribution in [-0.2, 0) is 5.75 Å². The normalized spacial score (nSPS) is 11.3. The summed E-state index contributed by atoms with van der Waals surface area (Å²) in [6.45, 7) is 3.99. The molecule has 0 unspecified atom stereocenters. The highest BCUT2D eigenvalue weighted by molar-refractivity contribution is 8.00. The van der Waals surface area contributed by atoms with Gasteiger partial charge < -0.3 is 0 Å². The molecular weight excluding hydrogens is 252 g/mol. The van der Waals surface area contributed by atoms with E-state index in [9.17, 15) is 4.79 Å². The van der Waals surface area contributed by atoms with E-state index in [4.69, 9.17) is 0 Å². The van der Waals surface area contributed by atoms with E-state index >= 15 is 0 Å². The second kappa shape index (κ2) is 6.07. The number of Topliss-reactive ketones (excluding diaryl/α,β-unsaturated/α-hetero) is 1. The summed E-state index contributed by atoms with van der Waals surface area (Å²) in [5, 5.41) is 0. The molecule has 0 aliphatic rings. The van der Waals surface area contributed by atoms with E-state index in [1.807, 2.05) is 62.4 Å². The molecule has 0 saturated carbocycles. The van der Waals surface area contributed by atoms with Crippen molar-refractivity contribution in [2.45, 2.75) is 24.3 Å². The van der Waals surface area contributed by atoms with E-state index in [-0.39, 0.29) is 5.78 Å². The van der Waals surface area contributed by atoms with Crippen LogP contribution in [-0.4, -0.2) is 10.5 Å². The van der Waals surface area contributed by atoms with Gasteiger partial charge in [-0.25, -0.2) is 0 Å². The van der Waals surface area contributed by atoms with Crippen molar-refractivity contribution < 1.29 is 4.79 Å². The minimum Gasteiger partial charge on any atom is -0.293 e. The number of hydrogen-bond donors (Lipinski definition) is 0. The van der Waals surface area contributed by atoms with Gasteiger partial charge in [-0.05, 0) is 19.4 Å². The van der Waals surface area contributed by atoms with Crippen molar-refractivity contribution in [1.82, 2.24) is 0 Å². The van der Waals surface area contributed by atoms with Crippen molar-refractivity contribution in [1.29, 1.82) is 0 Å². The summed E-state index contributed by atoms with van der Waals surface area (Å²) in [6.07, 6.45) is 0. The van der Waals surface area contributed by atoms with E-state index < -0.39 is 4.75 Å². The lowest BCUT2D eigenvalue weighted by Gasteiger charge is -2.22. The smallest absolute Gasteiger partial charge is 0.178 e. The number of ketones is 1. The van der Waals surface area contributed by atoms with Gasteiger partial charge in [-0.15, -0.1) is 11.8 Å². The predicted molar refractivity (Wildman–Crippen MR) is 82.6 cm³/mol. The van der Waals surface area contributed by atoms with Crippen LogP contribution in [0.3, 0.4) is 0 Å². The van der Waals surface area contributed by atoms with Gasteiger partial charge in [0.05, 0.1) is 4.75 Å². The van der Waals surface area contributed by atoms with Crippen LogP contribution in [0.25, 0.3) is 0 Å². The number of carbonyl (C=O) groups is 1. The van der Waals surface area contributed by atoms with Gasteiger partial charge in [-0.2, -0.15) is 0 Å². The summed E-state index contributed by atoms with van der Waals surface area (Å²) in [5.74, 6) is 1.04. The van der Waals surface area contributed by atoms with E-state index in [2.05, 4.69) is 12.1 Å². The van der Waals surface area contributed by atoms with Crippen LogP contribution in [0.1, 0.15) is 29.8 Å². The van der Waals surface area contributed by atoms with Crippen LogP contribution in [0.5, 0.6) is 0 Å². The minimum atomic E-state index is -0.406. The molecule has 2 aromatic carbocycles. The topological polar surface area (TPSA) is 17.1 Å². The molecule has 19 heavy (non-hydrogen) atoms. The highest BCUT2D eigenvalue weighted by Gasteiger charge is 2.28. The molecule has 0 heterocycles. The van der Waals surface area contributed by atoms with Crippen molar-refractivity contribution in [2.24, 2.45) is 0 Å². The molecule has 2 aromatic rings. The molecule has 0 fully saturated rings. The monoisotopic (exact) mass is 270 g/mol. The van der Waals surface area contributed by atoms with E-state index in [1.165, 1.54) is 5.56 Å². The zero-order valence-corrected chi connectivity index (χ0v) is 12.1. The molecule has 0 N–H and O–H groups in total. The van der Waals surface area contributed by atoms with Crippen molar-refractivity contribution in [3.63, 3.8) is 0 Å². The molecule has 0 radical (unpaired) electrons. The van der Waals surface area contributed by atoms with E-state index in [1.54, 1.807) is 11.8 Å². The zero-order chi connectivity index (χ0) is 13.7. The molecule has 0 aliphatic heterocycles. The Morgan fingerprint density at radius 1 is 0.947 bits per heavy atom. The molecule has 98 valence electrons. The van der Waals surface area contributed by atoms with Gasteiger partial charge in [-0.3, -0.25) is 4.79 Å². The maximum atomic E-state index is 12.5. The van der Waals surface area contributed by atoms with Crippen LogP contribution in [0.4, 0.5) is 0 Å². The highest BCUT2D eigenvalue weighted by Crippen LogP contribution is 2.31. The first-order chi connectivity index (χ1) is 9.09. The quantitative estimate of drug-likeness (QED) is 0.740. The number of carbonyl (C=O) groups excluding carboxylic acids is 1. The van der Waals surface area contributed by atoms with Gasteiger partial charge in [-0.1, -0.05) is 60.7 Å². The van der Waals surface area contributed by atoms with Crippen molar-refractivity contribution in [3.05, 3.63) is 71.8 Å². The molecule has 1 nitrogen and oxygen atoms in total. The van der Waals surface area contributed by atoms with Gasteiger partial charge in [0, 0.05) is 11.3 Å². The molecule has 0 atom stereocenters. The first-order valence-corrected chi connectivity index (χ1v) is 7.36. The molecule has 0 saturated heterocycles. The number of hydrogen-bond acceptors (Lipinski definition) is 2. The molecule has 0 aliphatic carbocycles. The maximum absolute atomic E-state index is 12.5.